The van der Waals surface area contributed by atoms with Crippen molar-refractivity contribution in [2.75, 3.05) is 79.3 Å². The quantitative estimate of drug-likeness (QED) is 0.0186. The van der Waals surface area contributed by atoms with Crippen molar-refractivity contribution < 1.29 is 41.9 Å². The van der Waals surface area contributed by atoms with Gasteiger partial charge in [-0.2, -0.15) is 31.0 Å². The van der Waals surface area contributed by atoms with Crippen LogP contribution in [0.15, 0.2) is 116 Å². The summed E-state index contributed by atoms with van der Waals surface area (Å²) < 4.78 is 29.0. The number of methoxy groups -OCH3 is 2. The van der Waals surface area contributed by atoms with Crippen LogP contribution in [-0.2, 0) is 38.5 Å². The maximum Gasteiger partial charge on any atom is 0.235 e. The largest absolute Gasteiger partial charge is 0.495 e. The molecule has 0 saturated heterocycles. The smallest absolute Gasteiger partial charge is 0.235 e. The van der Waals surface area contributed by atoms with E-state index in [4.69, 9.17) is 27.1 Å². The molecule has 0 spiro atoms. The van der Waals surface area contributed by atoms with Gasteiger partial charge >= 0.3 is 0 Å². The van der Waals surface area contributed by atoms with E-state index in [0.717, 1.165) is 102 Å². The second-order valence-corrected chi connectivity index (χ2v) is 32.6. The second kappa shape index (κ2) is 41.1. The first kappa shape index (κ1) is 89.7. The van der Waals surface area contributed by atoms with Gasteiger partial charge in [-0.15, -0.1) is 12.8 Å². The molecule has 11 N–H and O–H groups in total. The first-order valence-electron chi connectivity index (χ1n) is 39.8. The number of hydrogen-bond acceptors (Lipinski definition) is 26. The van der Waals surface area contributed by atoms with E-state index in [1.54, 1.807) is 38.7 Å². The van der Waals surface area contributed by atoms with Crippen molar-refractivity contribution in [3.05, 3.63) is 189 Å². The zero-order valence-corrected chi connectivity index (χ0v) is 69.5. The number of nitrogens with zero attached hydrogens (tertiary/aromatic N) is 12. The molecule has 4 aromatic carbocycles. The summed E-state index contributed by atoms with van der Waals surface area (Å²) in [6, 6.07) is 35.8. The number of ether oxygens (including phenoxy) is 3. The highest BCUT2D eigenvalue weighted by molar-refractivity contribution is 5.62. The predicted octanol–water partition coefficient (Wildman–Crippen LogP) is 13.2. The fourth-order valence-electron chi connectivity index (χ4n) is 14.6. The van der Waals surface area contributed by atoms with Gasteiger partial charge in [0.15, 0.2) is 0 Å². The van der Waals surface area contributed by atoms with Gasteiger partial charge in [-0.05, 0) is 164 Å². The molecule has 0 radical (unpaired) electrons. The second-order valence-electron chi connectivity index (χ2n) is 32.6. The van der Waals surface area contributed by atoms with Crippen LogP contribution in [0, 0.1) is 104 Å². The Hall–Kier alpha value is -12.2. The third-order valence-corrected chi connectivity index (χ3v) is 23.2. The Bertz CT molecular complexity index is 5070. The van der Waals surface area contributed by atoms with E-state index in [0.29, 0.717) is 139 Å². The zero-order chi connectivity index (χ0) is 85.5. The number of benzene rings is 4. The summed E-state index contributed by atoms with van der Waals surface area (Å²) >= 11 is 0. The van der Waals surface area contributed by atoms with Gasteiger partial charge in [-0.25, -0.2) is 34.3 Å². The minimum atomic E-state index is -1.38. The lowest BCUT2D eigenvalue weighted by Gasteiger charge is -2.49. The zero-order valence-electron chi connectivity index (χ0n) is 69.5. The molecular weight excluding hydrogens is 1490 g/mol. The van der Waals surface area contributed by atoms with E-state index in [2.05, 4.69) is 160 Å². The summed E-state index contributed by atoms with van der Waals surface area (Å²) in [7, 11) is 5.07. The number of nitriles is 4. The number of rotatable bonds is 30. The van der Waals surface area contributed by atoms with Gasteiger partial charge in [0.25, 0.3) is 0 Å². The van der Waals surface area contributed by atoms with Crippen molar-refractivity contribution in [1.82, 2.24) is 45.2 Å². The number of alkyl halides is 1. The Morgan fingerprint density at radius 3 is 1.39 bits per heavy atom. The summed E-state index contributed by atoms with van der Waals surface area (Å²) in [5.74, 6) is 10.6. The van der Waals surface area contributed by atoms with Crippen LogP contribution < -0.4 is 51.4 Å². The SMILES string of the molecule is C#Cc1ccc(CCNc2ncc(C#N)c(C[C@@H]3CC[C@H](O)C(C)(C)C3)n2)cc1OC.C#Cc1ccc(CCNc2ncc(C#N)c(C[C@@H]3C[C@H](O)C3(C)C)n2)cc1OC.C=C(NC)c1cccc(CCNc2ncc(C#N)c(N[C@@H]3C[C@H](O)C3(C)C)n2)c1.CC(F)Oc1ccccc1CCNc1ncc(C#N)c(N[C@@H]2C[C@H](O)C2(C)C)n1.[HH].[HH]. The van der Waals surface area contributed by atoms with Crippen molar-refractivity contribution in [2.24, 2.45) is 33.5 Å². The summed E-state index contributed by atoms with van der Waals surface area (Å²) in [5.41, 5.74) is 10.1. The Kier molecular flexibility index (Phi) is 31.2. The number of hydrogen-bond donors (Lipinski definition) is 11. The Morgan fingerprint density at radius 1 is 0.534 bits per heavy atom. The van der Waals surface area contributed by atoms with E-state index < -0.39 is 6.36 Å². The molecular formula is C91H114FN19O7. The van der Waals surface area contributed by atoms with Crippen molar-refractivity contribution in [3.63, 3.8) is 0 Å². The minimum absolute atomic E-state index is 0. The van der Waals surface area contributed by atoms with E-state index in [9.17, 15) is 45.9 Å². The van der Waals surface area contributed by atoms with Crippen LogP contribution in [0.1, 0.15) is 176 Å². The molecule has 4 fully saturated rings. The molecule has 27 heteroatoms. The molecule has 0 bridgehead atoms. The minimum Gasteiger partial charge on any atom is -0.495 e. The average molecular weight is 1610 g/mol. The van der Waals surface area contributed by atoms with Gasteiger partial charge in [0.2, 0.25) is 30.2 Å². The molecule has 118 heavy (non-hydrogen) atoms. The molecule has 0 aliphatic heterocycles. The summed E-state index contributed by atoms with van der Waals surface area (Å²) in [6.45, 7) is 24.1. The normalized spacial score (nSPS) is 19.9. The highest BCUT2D eigenvalue weighted by atomic mass is 19.1. The number of terminal acetylenes is 2. The lowest BCUT2D eigenvalue weighted by molar-refractivity contribution is -0.0978. The van der Waals surface area contributed by atoms with Crippen molar-refractivity contribution in [1.29, 1.82) is 21.0 Å². The van der Waals surface area contributed by atoms with Gasteiger partial charge < -0.3 is 71.9 Å². The fourth-order valence-corrected chi connectivity index (χ4v) is 14.6. The van der Waals surface area contributed by atoms with Gasteiger partial charge in [0, 0.05) is 71.6 Å². The van der Waals surface area contributed by atoms with Crippen LogP contribution in [0.2, 0.25) is 0 Å². The number of anilines is 6. The Morgan fingerprint density at radius 2 is 0.975 bits per heavy atom. The van der Waals surface area contributed by atoms with Crippen LogP contribution in [0.25, 0.3) is 5.70 Å². The molecule has 4 aromatic heterocycles. The molecule has 0 amide bonds. The Balaban J connectivity index is 0.000000219. The van der Waals surface area contributed by atoms with Crippen molar-refractivity contribution >= 4 is 41.1 Å². The number of aliphatic hydroxyl groups is 4. The highest BCUT2D eigenvalue weighted by Crippen LogP contribution is 2.48. The number of nitrogens with one attached hydrogen (secondary N) is 7. The molecule has 4 aliphatic rings. The van der Waals surface area contributed by atoms with Crippen LogP contribution >= 0.6 is 0 Å². The van der Waals surface area contributed by atoms with Crippen LogP contribution in [0.3, 0.4) is 0 Å². The molecule has 622 valence electrons. The van der Waals surface area contributed by atoms with E-state index >= 15 is 0 Å². The van der Waals surface area contributed by atoms with Crippen LogP contribution in [0.4, 0.5) is 39.8 Å². The van der Waals surface area contributed by atoms with E-state index in [1.807, 2.05) is 95.4 Å². The maximum atomic E-state index is 13.2. The fraction of sp³-hybridized carbons (Fsp3) is 0.451. The van der Waals surface area contributed by atoms with E-state index in [1.165, 1.54) is 24.9 Å². The summed E-state index contributed by atoms with van der Waals surface area (Å²) in [6.07, 6.45) is 23.4. The molecule has 4 saturated carbocycles. The number of aliphatic hydroxyl groups excluding tert-OH is 4. The lowest BCUT2D eigenvalue weighted by atomic mass is 9.58. The first-order chi connectivity index (χ1) is 56.4. The third-order valence-electron chi connectivity index (χ3n) is 23.2. The highest BCUT2D eigenvalue weighted by Gasteiger charge is 2.50. The van der Waals surface area contributed by atoms with Gasteiger partial charge in [0.1, 0.15) is 64.3 Å². The molecule has 26 nitrogen and oxygen atoms in total. The van der Waals surface area contributed by atoms with Gasteiger partial charge in [-0.1, -0.05) is 122 Å². The number of para-hydroxylation sites is 1. The summed E-state index contributed by atoms with van der Waals surface area (Å²) in [4.78, 5) is 35.1. The van der Waals surface area contributed by atoms with Crippen LogP contribution in [-0.4, -0.2) is 151 Å². The Labute approximate surface area is 696 Å². The molecule has 4 aliphatic carbocycles. The van der Waals surface area contributed by atoms with Gasteiger partial charge in [0.05, 0.1) is 97.1 Å². The monoisotopic (exact) mass is 1600 g/mol. The first-order valence-corrected chi connectivity index (χ1v) is 39.8. The third kappa shape index (κ3) is 23.3. The topological polar surface area (TPSA) is 391 Å². The molecule has 9 atom stereocenters. The standard InChI is InChI=1S/C25H30N4O2.C23H26N4O2.C22H28N6O.C21H26FN5O2.2H2/c1-5-19-8-6-17(13-22(19)31-4)10-11-27-24-28-16-20(15-26)21(29-24)12-18-7-9-23(30)25(2,3)14-18;1-5-16-7-6-15(10-20(16)29-4)8-9-25-22-26-14-17(13-24)19(27-22)11-18-12-21(28)23(18,2)3;1-14(24-4)16-7-5-6-15(10-16)8-9-25-21-26-13-17(12-23)20(28-21)27-18-11-19(29)22(18,2)3;1-13(22)29-16-7-5-4-6-14(16)8-9-24-20-25-12-15(11-23)19(27-20)26-17-10-18(28)21(17,2)3;;/h1,6,8,13,16,18,23,30H,7,9-12,14H2,2-4H3,(H,27,28,29);1,6-7,10,14,18,21,28H,8-9,11-12H2,2-4H3,(H,25,26,27);5-7,10,13,18-19,24,29H,1,8-9,11H2,2-4H3,(H2,25,26,27,28);4-7,12-13,17-18,28H,8-10H2,1-3H3,(H2,24,25,26,27);2*1H/t18-,23-;18-,21+;18-,19+;13?,17-,18+;;/m0111../s1. The number of aromatic nitrogens is 8. The molecule has 1 unspecified atom stereocenters. The summed E-state index contributed by atoms with van der Waals surface area (Å²) in [5, 5.41) is 100. The molecule has 12 rings (SSSR count). The predicted molar refractivity (Wildman–Crippen MR) is 460 cm³/mol. The maximum absolute atomic E-state index is 13.2. The lowest BCUT2D eigenvalue weighted by Crippen LogP contribution is -2.57. The van der Waals surface area contributed by atoms with Gasteiger partial charge in [-0.3, -0.25) is 0 Å². The number of halogens is 1. The van der Waals surface area contributed by atoms with Crippen molar-refractivity contribution in [2.45, 2.75) is 182 Å². The van der Waals surface area contributed by atoms with Crippen molar-refractivity contribution in [3.8, 4) is 66.2 Å². The molecule has 8 aromatic rings. The average Bonchev–Trinajstić information content (AvgIpc) is 0.775. The molecule has 4 heterocycles. The van der Waals surface area contributed by atoms with E-state index in [-0.39, 0.29) is 61.0 Å². The van der Waals surface area contributed by atoms with Crippen LogP contribution in [0.5, 0.6) is 17.2 Å².